The number of para-hydroxylation sites is 2. The zero-order valence-electron chi connectivity index (χ0n) is 25.7. The molecule has 48 heavy (non-hydrogen) atoms. The van der Waals surface area contributed by atoms with Crippen LogP contribution in [0, 0.1) is 0 Å². The summed E-state index contributed by atoms with van der Waals surface area (Å²) >= 11 is 0. The first-order valence-corrected chi connectivity index (χ1v) is 16.3. The summed E-state index contributed by atoms with van der Waals surface area (Å²) in [6, 6.07) is 53.8. The first-order valence-electron chi connectivity index (χ1n) is 16.3. The fourth-order valence-electron chi connectivity index (χ4n) is 7.87. The smallest absolute Gasteiger partial charge is 0.236 e. The molecule has 0 fully saturated rings. The maximum absolute atomic E-state index is 6.43. The molecule has 0 aliphatic carbocycles. The highest BCUT2D eigenvalue weighted by atomic mass is 16.3. The standard InChI is InChI=1S/C44H25N3O/c1-2-13-27(14-3-1)41-43-42(33-19-9-11-21-39(33)48-43)46-44(45-41)47-37-20-10-8-17-30(37)36-24-34-29-16-6-7-18-31(29)40-28-15-5-4-12-26(28)22-23-32(40)35(34)25-38(36)47/h1-25H. The molecule has 0 unspecified atom stereocenters. The predicted octanol–water partition coefficient (Wildman–Crippen LogP) is 11.8. The van der Waals surface area contributed by atoms with Crippen LogP contribution in [0.4, 0.5) is 0 Å². The molecule has 0 amide bonds. The van der Waals surface area contributed by atoms with Crippen LogP contribution in [-0.2, 0) is 0 Å². The van der Waals surface area contributed by atoms with Crippen LogP contribution in [0.5, 0.6) is 0 Å². The van der Waals surface area contributed by atoms with Gasteiger partial charge in [-0.1, -0.05) is 121 Å². The molecule has 8 aromatic carbocycles. The minimum atomic E-state index is 0.619. The molecule has 222 valence electrons. The number of hydrogen-bond donors (Lipinski definition) is 0. The predicted molar refractivity (Wildman–Crippen MR) is 199 cm³/mol. The lowest BCUT2D eigenvalue weighted by Crippen LogP contribution is -2.03. The van der Waals surface area contributed by atoms with Crippen molar-refractivity contribution in [3.8, 4) is 17.2 Å². The molecule has 3 heterocycles. The molecule has 0 bridgehead atoms. The van der Waals surface area contributed by atoms with Crippen molar-refractivity contribution in [2.75, 3.05) is 0 Å². The average molecular weight is 612 g/mol. The van der Waals surface area contributed by atoms with Crippen LogP contribution in [-0.4, -0.2) is 14.5 Å². The third-order valence-corrected chi connectivity index (χ3v) is 9.97. The van der Waals surface area contributed by atoms with E-state index >= 15 is 0 Å². The van der Waals surface area contributed by atoms with Crippen LogP contribution in [0.25, 0.3) is 104 Å². The number of nitrogens with zero attached hydrogens (tertiary/aromatic N) is 3. The van der Waals surface area contributed by atoms with E-state index in [-0.39, 0.29) is 0 Å². The molecule has 0 N–H and O–H groups in total. The van der Waals surface area contributed by atoms with E-state index in [4.69, 9.17) is 14.4 Å². The van der Waals surface area contributed by atoms with Crippen LogP contribution in [0.1, 0.15) is 0 Å². The Bertz CT molecular complexity index is 3120. The van der Waals surface area contributed by atoms with Gasteiger partial charge in [-0.05, 0) is 73.4 Å². The Labute approximate surface area is 274 Å². The van der Waals surface area contributed by atoms with Gasteiger partial charge in [0.05, 0.1) is 11.0 Å². The van der Waals surface area contributed by atoms with Crippen LogP contribution in [0.15, 0.2) is 156 Å². The van der Waals surface area contributed by atoms with E-state index in [0.29, 0.717) is 11.5 Å². The lowest BCUT2D eigenvalue weighted by atomic mass is 9.90. The van der Waals surface area contributed by atoms with Crippen molar-refractivity contribution in [1.82, 2.24) is 14.5 Å². The van der Waals surface area contributed by atoms with Gasteiger partial charge in [0.25, 0.3) is 0 Å². The summed E-state index contributed by atoms with van der Waals surface area (Å²) in [6.07, 6.45) is 0. The summed E-state index contributed by atoms with van der Waals surface area (Å²) in [7, 11) is 0. The van der Waals surface area contributed by atoms with Crippen molar-refractivity contribution in [2.45, 2.75) is 0 Å². The maximum Gasteiger partial charge on any atom is 0.236 e. The summed E-state index contributed by atoms with van der Waals surface area (Å²) in [5.74, 6) is 0.619. The van der Waals surface area contributed by atoms with E-state index in [1.807, 2.05) is 36.4 Å². The Balaban J connectivity index is 1.33. The molecule has 11 aromatic rings. The van der Waals surface area contributed by atoms with Gasteiger partial charge in [0.15, 0.2) is 5.58 Å². The van der Waals surface area contributed by atoms with Crippen LogP contribution >= 0.6 is 0 Å². The highest BCUT2D eigenvalue weighted by Crippen LogP contribution is 2.43. The zero-order valence-corrected chi connectivity index (χ0v) is 25.7. The molecular formula is C44H25N3O. The van der Waals surface area contributed by atoms with E-state index in [2.05, 4.69) is 120 Å². The normalized spacial score (nSPS) is 12.2. The Morgan fingerprint density at radius 2 is 1.10 bits per heavy atom. The first kappa shape index (κ1) is 25.6. The number of rotatable bonds is 2. The van der Waals surface area contributed by atoms with E-state index in [9.17, 15) is 0 Å². The largest absolute Gasteiger partial charge is 0.452 e. The van der Waals surface area contributed by atoms with Gasteiger partial charge >= 0.3 is 0 Å². The van der Waals surface area contributed by atoms with Gasteiger partial charge in [-0.2, -0.15) is 0 Å². The summed E-state index contributed by atoms with van der Waals surface area (Å²) in [4.78, 5) is 10.6. The molecule has 4 nitrogen and oxygen atoms in total. The number of furan rings is 1. The molecule has 4 heteroatoms. The van der Waals surface area contributed by atoms with Crippen molar-refractivity contribution in [3.05, 3.63) is 152 Å². The van der Waals surface area contributed by atoms with Gasteiger partial charge in [0, 0.05) is 21.7 Å². The zero-order chi connectivity index (χ0) is 31.3. The molecule has 0 aliphatic heterocycles. The highest BCUT2D eigenvalue weighted by Gasteiger charge is 2.22. The highest BCUT2D eigenvalue weighted by molar-refractivity contribution is 6.33. The van der Waals surface area contributed by atoms with Gasteiger partial charge < -0.3 is 4.42 Å². The summed E-state index contributed by atoms with van der Waals surface area (Å²) in [6.45, 7) is 0. The second-order valence-electron chi connectivity index (χ2n) is 12.5. The molecule has 0 atom stereocenters. The Morgan fingerprint density at radius 3 is 1.98 bits per heavy atom. The average Bonchev–Trinajstić information content (AvgIpc) is 3.69. The molecule has 0 spiro atoms. The molecule has 11 rings (SSSR count). The summed E-state index contributed by atoms with van der Waals surface area (Å²) < 4.78 is 8.67. The lowest BCUT2D eigenvalue weighted by Gasteiger charge is -2.14. The Hall–Kier alpha value is -6.52. The van der Waals surface area contributed by atoms with Gasteiger partial charge in [-0.3, -0.25) is 4.57 Å². The van der Waals surface area contributed by atoms with Crippen molar-refractivity contribution < 1.29 is 4.42 Å². The number of benzene rings is 8. The van der Waals surface area contributed by atoms with Crippen LogP contribution < -0.4 is 0 Å². The quantitative estimate of drug-likeness (QED) is 0.183. The molecule has 3 aromatic heterocycles. The third kappa shape index (κ3) is 3.43. The fraction of sp³-hybridized carbons (Fsp3) is 0. The second-order valence-corrected chi connectivity index (χ2v) is 12.5. The molecule has 0 aliphatic rings. The maximum atomic E-state index is 6.43. The molecule has 0 saturated heterocycles. The third-order valence-electron chi connectivity index (χ3n) is 9.97. The van der Waals surface area contributed by atoms with Crippen molar-refractivity contribution in [1.29, 1.82) is 0 Å². The lowest BCUT2D eigenvalue weighted by molar-refractivity contribution is 0.666. The minimum Gasteiger partial charge on any atom is -0.452 e. The van der Waals surface area contributed by atoms with Crippen LogP contribution in [0.3, 0.4) is 0 Å². The summed E-state index contributed by atoms with van der Waals surface area (Å²) in [5.41, 5.74) is 6.20. The first-order chi connectivity index (χ1) is 23.8. The van der Waals surface area contributed by atoms with Crippen molar-refractivity contribution in [2.24, 2.45) is 0 Å². The van der Waals surface area contributed by atoms with Crippen molar-refractivity contribution in [3.63, 3.8) is 0 Å². The SMILES string of the molecule is c1ccc(-c2nc(-n3c4ccccc4c4cc5c6ccccc6c6c7ccccc7ccc6c5cc43)nc3c2oc2ccccc23)cc1. The van der Waals surface area contributed by atoms with Gasteiger partial charge in [-0.15, -0.1) is 0 Å². The van der Waals surface area contributed by atoms with Crippen molar-refractivity contribution >= 4 is 87.0 Å². The minimum absolute atomic E-state index is 0.619. The fourth-order valence-corrected chi connectivity index (χ4v) is 7.87. The second kappa shape index (κ2) is 9.50. The van der Waals surface area contributed by atoms with E-state index in [0.717, 1.165) is 38.8 Å². The Kier molecular flexibility index (Phi) is 5.08. The molecule has 0 saturated carbocycles. The van der Waals surface area contributed by atoms with Crippen LogP contribution in [0.2, 0.25) is 0 Å². The Morgan fingerprint density at radius 1 is 0.438 bits per heavy atom. The summed E-state index contributed by atoms with van der Waals surface area (Å²) in [5, 5.41) is 13.3. The molecular weight excluding hydrogens is 587 g/mol. The van der Waals surface area contributed by atoms with E-state index in [1.54, 1.807) is 0 Å². The number of fused-ring (bicyclic) bond motifs is 14. The van der Waals surface area contributed by atoms with Gasteiger partial charge in [0.1, 0.15) is 16.8 Å². The van der Waals surface area contributed by atoms with E-state index in [1.165, 1.54) is 53.9 Å². The van der Waals surface area contributed by atoms with E-state index < -0.39 is 0 Å². The number of aromatic nitrogens is 3. The topological polar surface area (TPSA) is 43.9 Å². The van der Waals surface area contributed by atoms with Gasteiger partial charge in [-0.25, -0.2) is 9.97 Å². The molecule has 0 radical (unpaired) electrons. The monoisotopic (exact) mass is 611 g/mol. The van der Waals surface area contributed by atoms with Gasteiger partial charge in [0.2, 0.25) is 5.95 Å². The number of hydrogen-bond acceptors (Lipinski definition) is 3.